The molecule has 0 heterocycles. The summed E-state index contributed by atoms with van der Waals surface area (Å²) in [6.07, 6.45) is 1.90. The van der Waals surface area contributed by atoms with Crippen LogP contribution in [0.25, 0.3) is 0 Å². The summed E-state index contributed by atoms with van der Waals surface area (Å²) < 4.78 is 10.2. The third-order valence-corrected chi connectivity index (χ3v) is 2.72. The van der Waals surface area contributed by atoms with E-state index in [4.69, 9.17) is 9.47 Å². The first kappa shape index (κ1) is 13.3. The molecule has 1 unspecified atom stereocenters. The van der Waals surface area contributed by atoms with Crippen LogP contribution in [0.5, 0.6) is 11.5 Å². The van der Waals surface area contributed by atoms with Crippen molar-refractivity contribution in [3.8, 4) is 11.5 Å². The van der Waals surface area contributed by atoms with Crippen molar-refractivity contribution in [2.45, 2.75) is 19.8 Å². The average molecular weight is 238 g/mol. The fourth-order valence-electron chi connectivity index (χ4n) is 1.59. The van der Waals surface area contributed by atoms with E-state index in [0.29, 0.717) is 17.1 Å². The van der Waals surface area contributed by atoms with Crippen molar-refractivity contribution in [1.82, 2.24) is 0 Å². The van der Waals surface area contributed by atoms with Gasteiger partial charge in [-0.2, -0.15) is 0 Å². The highest BCUT2D eigenvalue weighted by Gasteiger charge is 2.22. The SMILES string of the molecule is C[CH]C(C)c1cc(OC)c(OC)cc1[N+](=O)[O-]. The molecule has 0 aliphatic heterocycles. The van der Waals surface area contributed by atoms with Crippen LogP contribution < -0.4 is 9.47 Å². The van der Waals surface area contributed by atoms with Crippen molar-refractivity contribution in [3.05, 3.63) is 34.2 Å². The van der Waals surface area contributed by atoms with Gasteiger partial charge in [0.25, 0.3) is 5.69 Å². The molecular weight excluding hydrogens is 222 g/mol. The lowest BCUT2D eigenvalue weighted by molar-refractivity contribution is -0.385. The summed E-state index contributed by atoms with van der Waals surface area (Å²) in [4.78, 5) is 10.6. The average Bonchev–Trinajstić information content (AvgIpc) is 2.35. The Kier molecular flexibility index (Phi) is 4.31. The molecule has 1 aromatic rings. The second-order valence-corrected chi connectivity index (χ2v) is 3.65. The third kappa shape index (κ3) is 2.67. The molecule has 0 saturated heterocycles. The van der Waals surface area contributed by atoms with Crippen LogP contribution in [0.2, 0.25) is 0 Å². The molecular formula is C12H16NO4. The van der Waals surface area contributed by atoms with Gasteiger partial charge in [-0.1, -0.05) is 13.8 Å². The maximum atomic E-state index is 11.0. The lowest BCUT2D eigenvalue weighted by Gasteiger charge is -2.13. The highest BCUT2D eigenvalue weighted by atomic mass is 16.6. The first-order valence-corrected chi connectivity index (χ1v) is 5.24. The second-order valence-electron chi connectivity index (χ2n) is 3.65. The van der Waals surface area contributed by atoms with E-state index >= 15 is 0 Å². The minimum atomic E-state index is -0.405. The van der Waals surface area contributed by atoms with Crippen molar-refractivity contribution in [2.75, 3.05) is 14.2 Å². The van der Waals surface area contributed by atoms with Crippen LogP contribution in [0.15, 0.2) is 12.1 Å². The molecule has 17 heavy (non-hydrogen) atoms. The van der Waals surface area contributed by atoms with Gasteiger partial charge in [-0.15, -0.1) is 0 Å². The van der Waals surface area contributed by atoms with E-state index in [1.54, 1.807) is 6.07 Å². The number of rotatable bonds is 5. The largest absolute Gasteiger partial charge is 0.493 e. The lowest BCUT2D eigenvalue weighted by atomic mass is 9.96. The highest BCUT2D eigenvalue weighted by Crippen LogP contribution is 2.38. The van der Waals surface area contributed by atoms with Crippen LogP contribution in [-0.4, -0.2) is 19.1 Å². The molecule has 1 atom stereocenters. The number of nitro benzene ring substituents is 1. The number of ether oxygens (including phenoxy) is 2. The van der Waals surface area contributed by atoms with E-state index in [0.717, 1.165) is 0 Å². The van der Waals surface area contributed by atoms with Crippen molar-refractivity contribution in [2.24, 2.45) is 0 Å². The summed E-state index contributed by atoms with van der Waals surface area (Å²) in [5, 5.41) is 11.0. The van der Waals surface area contributed by atoms with Gasteiger partial charge < -0.3 is 9.47 Å². The maximum absolute atomic E-state index is 11.0. The van der Waals surface area contributed by atoms with Crippen molar-refractivity contribution in [1.29, 1.82) is 0 Å². The highest BCUT2D eigenvalue weighted by molar-refractivity contribution is 5.55. The molecule has 5 heteroatoms. The summed E-state index contributed by atoms with van der Waals surface area (Å²) in [7, 11) is 2.96. The predicted octanol–water partition coefficient (Wildman–Crippen LogP) is 2.94. The molecule has 1 aromatic carbocycles. The first-order chi connectivity index (χ1) is 8.04. The molecule has 0 bridgehead atoms. The van der Waals surface area contributed by atoms with Crippen LogP contribution >= 0.6 is 0 Å². The maximum Gasteiger partial charge on any atom is 0.276 e. The quantitative estimate of drug-likeness (QED) is 0.584. The van der Waals surface area contributed by atoms with Crippen LogP contribution in [-0.2, 0) is 0 Å². The smallest absolute Gasteiger partial charge is 0.276 e. The Bertz CT molecular complexity index is 417. The number of methoxy groups -OCH3 is 2. The van der Waals surface area contributed by atoms with E-state index < -0.39 is 4.92 Å². The van der Waals surface area contributed by atoms with E-state index in [-0.39, 0.29) is 11.6 Å². The zero-order valence-corrected chi connectivity index (χ0v) is 10.4. The number of benzene rings is 1. The van der Waals surface area contributed by atoms with Gasteiger partial charge >= 0.3 is 0 Å². The number of nitro groups is 1. The van der Waals surface area contributed by atoms with Crippen molar-refractivity contribution >= 4 is 5.69 Å². The van der Waals surface area contributed by atoms with Crippen LogP contribution in [0.4, 0.5) is 5.69 Å². The summed E-state index contributed by atoms with van der Waals surface area (Å²) in [5.41, 5.74) is 0.670. The van der Waals surface area contributed by atoms with E-state index in [1.807, 2.05) is 20.3 Å². The Morgan fingerprint density at radius 1 is 1.29 bits per heavy atom. The minimum absolute atomic E-state index is 0.0183. The minimum Gasteiger partial charge on any atom is -0.493 e. The van der Waals surface area contributed by atoms with Crippen molar-refractivity contribution in [3.63, 3.8) is 0 Å². The molecule has 0 aliphatic carbocycles. The van der Waals surface area contributed by atoms with Crippen LogP contribution in [0.1, 0.15) is 25.3 Å². The Morgan fingerprint density at radius 3 is 2.24 bits per heavy atom. The first-order valence-electron chi connectivity index (χ1n) is 5.24. The molecule has 0 N–H and O–H groups in total. The standard InChI is InChI=1S/C12H16NO4/c1-5-8(2)9-6-11(16-3)12(17-4)7-10(9)13(14)15/h5-8H,1-4H3. The van der Waals surface area contributed by atoms with Gasteiger partial charge in [0.05, 0.1) is 25.2 Å². The zero-order valence-electron chi connectivity index (χ0n) is 10.4. The summed E-state index contributed by atoms with van der Waals surface area (Å²) in [6.45, 7) is 3.76. The molecule has 0 spiro atoms. The molecule has 0 amide bonds. The lowest BCUT2D eigenvalue weighted by Crippen LogP contribution is -2.02. The summed E-state index contributed by atoms with van der Waals surface area (Å²) >= 11 is 0. The van der Waals surface area contributed by atoms with Crippen LogP contribution in [0, 0.1) is 16.5 Å². The Labute approximate surface area is 101 Å². The molecule has 93 valence electrons. The molecule has 0 saturated carbocycles. The summed E-state index contributed by atoms with van der Waals surface area (Å²) in [5.74, 6) is 0.850. The molecule has 1 rings (SSSR count). The number of hydrogen-bond donors (Lipinski definition) is 0. The monoisotopic (exact) mass is 238 g/mol. The predicted molar refractivity (Wildman–Crippen MR) is 64.6 cm³/mol. The van der Waals surface area contributed by atoms with Gasteiger partial charge in [0.1, 0.15) is 0 Å². The molecule has 0 aliphatic rings. The fourth-order valence-corrected chi connectivity index (χ4v) is 1.59. The summed E-state index contributed by atoms with van der Waals surface area (Å²) in [6, 6.07) is 3.05. The molecule has 1 radical (unpaired) electrons. The number of hydrogen-bond acceptors (Lipinski definition) is 4. The van der Waals surface area contributed by atoms with E-state index in [9.17, 15) is 10.1 Å². The van der Waals surface area contributed by atoms with Gasteiger partial charge in [0.2, 0.25) is 0 Å². The molecule has 0 aromatic heterocycles. The van der Waals surface area contributed by atoms with Gasteiger partial charge in [0.15, 0.2) is 11.5 Å². The van der Waals surface area contributed by atoms with Gasteiger partial charge in [-0.05, 0) is 18.4 Å². The Morgan fingerprint density at radius 2 is 1.82 bits per heavy atom. The van der Waals surface area contributed by atoms with Gasteiger partial charge in [-0.25, -0.2) is 0 Å². The fraction of sp³-hybridized carbons (Fsp3) is 0.417. The van der Waals surface area contributed by atoms with Gasteiger partial charge in [0, 0.05) is 5.56 Å². The zero-order chi connectivity index (χ0) is 13.0. The van der Waals surface area contributed by atoms with E-state index in [1.165, 1.54) is 20.3 Å². The van der Waals surface area contributed by atoms with Crippen molar-refractivity contribution < 1.29 is 14.4 Å². The van der Waals surface area contributed by atoms with Crippen LogP contribution in [0.3, 0.4) is 0 Å². The normalized spacial score (nSPS) is 12.0. The Hall–Kier alpha value is -1.78. The van der Waals surface area contributed by atoms with Gasteiger partial charge in [-0.3, -0.25) is 10.1 Å². The molecule has 5 nitrogen and oxygen atoms in total. The second kappa shape index (κ2) is 5.52. The Balaban J connectivity index is 3.40. The van der Waals surface area contributed by atoms with E-state index in [2.05, 4.69) is 0 Å². The topological polar surface area (TPSA) is 61.6 Å². The third-order valence-electron chi connectivity index (χ3n) is 2.72. The number of nitrogens with zero attached hydrogens (tertiary/aromatic N) is 1. The molecule has 0 fully saturated rings.